The monoisotopic (exact) mass is 478 g/mol. The van der Waals surface area contributed by atoms with Gasteiger partial charge in [-0.1, -0.05) is 66.2 Å². The molecule has 0 saturated heterocycles. The van der Waals surface area contributed by atoms with Gasteiger partial charge in [-0.05, 0) is 46.4 Å². The minimum Gasteiger partial charge on any atom is -0.370 e. The van der Waals surface area contributed by atoms with E-state index in [0.29, 0.717) is 12.1 Å². The zero-order valence-corrected chi connectivity index (χ0v) is 19.1. The minimum atomic E-state index is -0.702. The molecule has 0 fully saturated rings. The lowest BCUT2D eigenvalue weighted by Crippen LogP contribution is -2.36. The summed E-state index contributed by atoms with van der Waals surface area (Å²) in [6.45, 7) is 0.382. The Hall–Kier alpha value is -3.71. The number of hydrogen-bond acceptors (Lipinski definition) is 3. The minimum absolute atomic E-state index is 0.0316. The van der Waals surface area contributed by atoms with Gasteiger partial charge in [0.15, 0.2) is 5.96 Å². The normalized spacial score (nSPS) is 16.5. The van der Waals surface area contributed by atoms with Gasteiger partial charge in [-0.15, -0.1) is 0 Å². The Bertz CT molecular complexity index is 1260. The standard InChI is InChI=1S/C26H24ClFN4O2/c27-21-10-7-16(11-22(21)28)12-23(33)25(34)32-24-19-4-2-1-3-18(19)13-20(24)17-8-5-15(6-9-17)14-31-26(29)30/h1-11,20,24H,12-14H2,(H,32,34)(H4,29,30,31)/t20-,24+/m1/s1. The number of rotatable bonds is 7. The second kappa shape index (κ2) is 10.1. The molecule has 0 spiro atoms. The molecule has 0 aromatic heterocycles. The third-order valence-electron chi connectivity index (χ3n) is 5.97. The molecule has 4 rings (SSSR count). The van der Waals surface area contributed by atoms with Gasteiger partial charge >= 0.3 is 0 Å². The van der Waals surface area contributed by atoms with E-state index in [1.54, 1.807) is 0 Å². The number of benzene rings is 3. The van der Waals surface area contributed by atoms with E-state index in [4.69, 9.17) is 23.1 Å². The molecule has 0 unspecified atom stereocenters. The second-order valence-corrected chi connectivity index (χ2v) is 8.70. The van der Waals surface area contributed by atoms with Crippen LogP contribution in [0.3, 0.4) is 0 Å². The summed E-state index contributed by atoms with van der Waals surface area (Å²) in [4.78, 5) is 29.5. The lowest BCUT2D eigenvalue weighted by atomic mass is 9.91. The number of nitrogens with one attached hydrogen (secondary N) is 1. The Morgan fingerprint density at radius 2 is 1.74 bits per heavy atom. The van der Waals surface area contributed by atoms with Crippen LogP contribution in [0.2, 0.25) is 5.02 Å². The molecule has 3 aromatic carbocycles. The van der Waals surface area contributed by atoms with Gasteiger partial charge in [0.2, 0.25) is 5.78 Å². The smallest absolute Gasteiger partial charge is 0.288 e. The molecule has 5 N–H and O–H groups in total. The van der Waals surface area contributed by atoms with Crippen molar-refractivity contribution >= 4 is 29.3 Å². The van der Waals surface area contributed by atoms with E-state index in [9.17, 15) is 14.0 Å². The second-order valence-electron chi connectivity index (χ2n) is 8.29. The number of amides is 1. The van der Waals surface area contributed by atoms with Crippen LogP contribution in [0.15, 0.2) is 71.7 Å². The zero-order valence-electron chi connectivity index (χ0n) is 18.3. The predicted octanol–water partition coefficient (Wildman–Crippen LogP) is 3.56. The summed E-state index contributed by atoms with van der Waals surface area (Å²) in [6.07, 6.45) is 0.517. The molecule has 6 nitrogen and oxygen atoms in total. The largest absolute Gasteiger partial charge is 0.370 e. The van der Waals surface area contributed by atoms with Gasteiger partial charge in [-0.25, -0.2) is 9.38 Å². The molecule has 174 valence electrons. The predicted molar refractivity (Wildman–Crippen MR) is 130 cm³/mol. The number of halogens is 2. The molecule has 8 heteroatoms. The maximum atomic E-state index is 13.7. The molecule has 1 aliphatic carbocycles. The summed E-state index contributed by atoms with van der Waals surface area (Å²) in [5.41, 5.74) is 15.3. The van der Waals surface area contributed by atoms with Gasteiger partial charge in [-0.2, -0.15) is 0 Å². The lowest BCUT2D eigenvalue weighted by molar-refractivity contribution is -0.138. The van der Waals surface area contributed by atoms with Crippen LogP contribution in [-0.2, 0) is 29.0 Å². The highest BCUT2D eigenvalue weighted by molar-refractivity contribution is 6.36. The fraction of sp³-hybridized carbons (Fsp3) is 0.192. The highest BCUT2D eigenvalue weighted by atomic mass is 35.5. The fourth-order valence-corrected chi connectivity index (χ4v) is 4.39. The van der Waals surface area contributed by atoms with Crippen LogP contribution in [-0.4, -0.2) is 17.6 Å². The topological polar surface area (TPSA) is 111 Å². The molecule has 2 atom stereocenters. The Balaban J connectivity index is 1.52. The molecule has 3 aromatic rings. The van der Waals surface area contributed by atoms with E-state index in [0.717, 1.165) is 28.7 Å². The number of ketones is 1. The van der Waals surface area contributed by atoms with Crippen molar-refractivity contribution in [1.29, 1.82) is 0 Å². The first-order chi connectivity index (χ1) is 16.3. The van der Waals surface area contributed by atoms with Gasteiger partial charge in [-0.3, -0.25) is 9.59 Å². The number of hydrogen-bond donors (Lipinski definition) is 3. The van der Waals surface area contributed by atoms with E-state index in [-0.39, 0.29) is 29.4 Å². The van der Waals surface area contributed by atoms with E-state index < -0.39 is 17.5 Å². The summed E-state index contributed by atoms with van der Waals surface area (Å²) in [5, 5.41) is 2.89. The summed E-state index contributed by atoms with van der Waals surface area (Å²) in [5.74, 6) is -1.98. The summed E-state index contributed by atoms with van der Waals surface area (Å²) in [6, 6.07) is 19.5. The third-order valence-corrected chi connectivity index (χ3v) is 6.28. The Morgan fingerprint density at radius 3 is 2.44 bits per heavy atom. The van der Waals surface area contributed by atoms with Crippen molar-refractivity contribution in [2.75, 3.05) is 0 Å². The number of carbonyl (C=O) groups is 2. The molecule has 0 heterocycles. The third kappa shape index (κ3) is 5.26. The van der Waals surface area contributed by atoms with Crippen LogP contribution in [0.4, 0.5) is 4.39 Å². The van der Waals surface area contributed by atoms with E-state index in [1.807, 2.05) is 48.5 Å². The highest BCUT2D eigenvalue weighted by Crippen LogP contribution is 2.42. The molecule has 0 radical (unpaired) electrons. The van der Waals surface area contributed by atoms with Crippen molar-refractivity contribution in [3.63, 3.8) is 0 Å². The van der Waals surface area contributed by atoms with Crippen LogP contribution < -0.4 is 16.8 Å². The molecule has 0 bridgehead atoms. The number of Topliss-reactive ketones (excluding diaryl/α,β-unsaturated/α-hetero) is 1. The van der Waals surface area contributed by atoms with Crippen molar-refractivity contribution in [1.82, 2.24) is 5.32 Å². The van der Waals surface area contributed by atoms with Gasteiger partial charge in [0.1, 0.15) is 5.82 Å². The van der Waals surface area contributed by atoms with E-state index in [1.165, 1.54) is 18.2 Å². The molecule has 0 saturated carbocycles. The van der Waals surface area contributed by atoms with Crippen LogP contribution in [0.1, 0.15) is 39.8 Å². The fourth-order valence-electron chi connectivity index (χ4n) is 4.27. The maximum absolute atomic E-state index is 13.7. The highest BCUT2D eigenvalue weighted by Gasteiger charge is 2.35. The molecule has 34 heavy (non-hydrogen) atoms. The summed E-state index contributed by atoms with van der Waals surface area (Å²) >= 11 is 5.70. The van der Waals surface area contributed by atoms with E-state index in [2.05, 4.69) is 10.3 Å². The summed E-state index contributed by atoms with van der Waals surface area (Å²) < 4.78 is 13.7. The average molecular weight is 479 g/mol. The maximum Gasteiger partial charge on any atom is 0.288 e. The molecular formula is C26H24ClFN4O2. The quantitative estimate of drug-likeness (QED) is 0.274. The molecule has 1 aliphatic rings. The van der Waals surface area contributed by atoms with Crippen molar-refractivity contribution in [3.05, 3.63) is 105 Å². The molecule has 1 amide bonds. The first-order valence-corrected chi connectivity index (χ1v) is 11.2. The van der Waals surface area contributed by atoms with E-state index >= 15 is 0 Å². The van der Waals surface area contributed by atoms with Crippen LogP contribution in [0.25, 0.3) is 0 Å². The first kappa shape index (κ1) is 23.4. The number of fused-ring (bicyclic) bond motifs is 1. The summed E-state index contributed by atoms with van der Waals surface area (Å²) in [7, 11) is 0. The van der Waals surface area contributed by atoms with Crippen LogP contribution >= 0.6 is 11.6 Å². The van der Waals surface area contributed by atoms with Crippen molar-refractivity contribution in [2.45, 2.75) is 31.3 Å². The lowest BCUT2D eigenvalue weighted by Gasteiger charge is -2.22. The Morgan fingerprint density at radius 1 is 1.03 bits per heavy atom. The SMILES string of the molecule is NC(N)=NCc1ccc([C@H]2Cc3ccccc3[C@@H]2NC(=O)C(=O)Cc2ccc(Cl)c(F)c2)cc1. The molecular weight excluding hydrogens is 455 g/mol. The van der Waals surface area contributed by atoms with Gasteiger partial charge in [0.25, 0.3) is 5.91 Å². The zero-order chi connectivity index (χ0) is 24.2. The van der Waals surface area contributed by atoms with Crippen molar-refractivity contribution in [3.8, 4) is 0 Å². The number of aliphatic imine (C=N–C) groups is 1. The number of nitrogens with zero attached hydrogens (tertiary/aromatic N) is 1. The van der Waals surface area contributed by atoms with Crippen molar-refractivity contribution in [2.24, 2.45) is 16.5 Å². The Kier molecular flexibility index (Phi) is 6.93. The van der Waals surface area contributed by atoms with Crippen molar-refractivity contribution < 1.29 is 14.0 Å². The average Bonchev–Trinajstić information content (AvgIpc) is 3.18. The van der Waals surface area contributed by atoms with Gasteiger partial charge in [0, 0.05) is 12.3 Å². The van der Waals surface area contributed by atoms with Crippen LogP contribution in [0.5, 0.6) is 0 Å². The molecule has 0 aliphatic heterocycles. The number of nitrogens with two attached hydrogens (primary N) is 2. The first-order valence-electron chi connectivity index (χ1n) is 10.8. The van der Waals surface area contributed by atoms with Gasteiger partial charge < -0.3 is 16.8 Å². The number of carbonyl (C=O) groups excluding carboxylic acids is 2. The number of guanidine groups is 1. The van der Waals surface area contributed by atoms with Gasteiger partial charge in [0.05, 0.1) is 17.6 Å². The Labute approximate surface area is 201 Å². The van der Waals surface area contributed by atoms with Crippen LogP contribution in [0, 0.1) is 5.82 Å².